The summed E-state index contributed by atoms with van der Waals surface area (Å²) in [4.78, 5) is 40.4. The zero-order valence-electron chi connectivity index (χ0n) is 17.3. The molecule has 2 heterocycles. The van der Waals surface area contributed by atoms with E-state index in [-0.39, 0.29) is 11.4 Å². The number of rotatable bonds is 3. The molecule has 0 atom stereocenters. The Morgan fingerprint density at radius 2 is 1.52 bits per heavy atom. The van der Waals surface area contributed by atoms with Crippen molar-refractivity contribution in [2.24, 2.45) is 0 Å². The fourth-order valence-electron chi connectivity index (χ4n) is 3.74. The second kappa shape index (κ2) is 7.68. The third-order valence-electron chi connectivity index (χ3n) is 5.32. The molecule has 0 bridgehead atoms. The molecule has 0 radical (unpaired) electrons. The summed E-state index contributed by atoms with van der Waals surface area (Å²) < 4.78 is 16.1. The first-order chi connectivity index (χ1) is 14.8. The van der Waals surface area contributed by atoms with Gasteiger partial charge in [0.1, 0.15) is 11.4 Å². The predicted octanol–water partition coefficient (Wildman–Crippen LogP) is 4.24. The van der Waals surface area contributed by atoms with Crippen LogP contribution >= 0.6 is 0 Å². The minimum Gasteiger partial charge on any atom is -0.315 e. The van der Waals surface area contributed by atoms with Crippen molar-refractivity contribution in [1.82, 2.24) is 9.47 Å². The molecule has 1 aliphatic heterocycles. The van der Waals surface area contributed by atoms with Crippen molar-refractivity contribution >= 4 is 29.6 Å². The second-order valence-corrected chi connectivity index (χ2v) is 7.29. The van der Waals surface area contributed by atoms with Crippen molar-refractivity contribution in [1.29, 1.82) is 0 Å². The van der Waals surface area contributed by atoms with Crippen LogP contribution in [0.15, 0.2) is 66.2 Å². The molecule has 4 rings (SSSR count). The lowest BCUT2D eigenvalue weighted by molar-refractivity contribution is -0.128. The Morgan fingerprint density at radius 1 is 0.871 bits per heavy atom. The van der Waals surface area contributed by atoms with Gasteiger partial charge in [0, 0.05) is 18.4 Å². The Morgan fingerprint density at radius 3 is 2.19 bits per heavy atom. The second-order valence-electron chi connectivity index (χ2n) is 7.29. The summed E-state index contributed by atoms with van der Waals surface area (Å²) in [6.45, 7) is 3.60. The van der Waals surface area contributed by atoms with Crippen molar-refractivity contribution in [3.8, 4) is 5.69 Å². The Bertz CT molecular complexity index is 1240. The number of urea groups is 1. The van der Waals surface area contributed by atoms with E-state index in [2.05, 4.69) is 0 Å². The number of carbonyl (C=O) groups excluding carboxylic acids is 3. The molecule has 31 heavy (non-hydrogen) atoms. The van der Waals surface area contributed by atoms with Gasteiger partial charge < -0.3 is 4.57 Å². The molecule has 1 saturated heterocycles. The molecule has 0 N–H and O–H groups in total. The van der Waals surface area contributed by atoms with E-state index in [1.807, 2.05) is 6.92 Å². The minimum atomic E-state index is -0.713. The van der Waals surface area contributed by atoms with Crippen molar-refractivity contribution < 1.29 is 18.8 Å². The van der Waals surface area contributed by atoms with Gasteiger partial charge in [-0.2, -0.15) is 0 Å². The molecule has 0 spiro atoms. The first-order valence-corrected chi connectivity index (χ1v) is 9.68. The highest BCUT2D eigenvalue weighted by atomic mass is 19.1. The maximum Gasteiger partial charge on any atom is 0.338 e. The smallest absolute Gasteiger partial charge is 0.315 e. The number of benzene rings is 2. The van der Waals surface area contributed by atoms with E-state index < -0.39 is 17.8 Å². The lowest BCUT2D eigenvalue weighted by Crippen LogP contribution is -2.55. The van der Waals surface area contributed by atoms with Crippen molar-refractivity contribution in [2.45, 2.75) is 13.8 Å². The largest absolute Gasteiger partial charge is 0.338 e. The van der Waals surface area contributed by atoms with Gasteiger partial charge in [0.25, 0.3) is 11.8 Å². The summed E-state index contributed by atoms with van der Waals surface area (Å²) >= 11 is 0. The summed E-state index contributed by atoms with van der Waals surface area (Å²) in [5.41, 5.74) is 2.62. The fourth-order valence-corrected chi connectivity index (χ4v) is 3.74. The minimum absolute atomic E-state index is 0.139. The van der Waals surface area contributed by atoms with Gasteiger partial charge in [-0.1, -0.05) is 30.3 Å². The molecule has 3 aromatic rings. The average Bonchev–Trinajstić information content (AvgIpc) is 3.04. The highest BCUT2D eigenvalue weighted by Crippen LogP contribution is 2.28. The van der Waals surface area contributed by atoms with Gasteiger partial charge >= 0.3 is 6.03 Å². The number of aromatic nitrogens is 1. The molecular formula is C24H20FN3O3. The van der Waals surface area contributed by atoms with Crippen LogP contribution < -0.4 is 4.90 Å². The standard InChI is InChI=1S/C24H20FN3O3/c1-15-13-17(16(2)27(15)21-12-8-7-11-20(21)25)14-19-22(29)26(3)24(31)28(23(19)30)18-9-5-4-6-10-18/h4-14H,1-3H3/b19-14+. The van der Waals surface area contributed by atoms with E-state index >= 15 is 0 Å². The number of anilines is 1. The van der Waals surface area contributed by atoms with Crippen molar-refractivity contribution in [2.75, 3.05) is 11.9 Å². The van der Waals surface area contributed by atoms with Crippen LogP contribution in [0.25, 0.3) is 11.8 Å². The number of likely N-dealkylation sites (N-methyl/N-ethyl adjacent to an activating group) is 1. The van der Waals surface area contributed by atoms with Gasteiger partial charge in [-0.05, 0) is 55.8 Å². The summed E-state index contributed by atoms with van der Waals surface area (Å²) in [6, 6.07) is 15.9. The maximum atomic E-state index is 14.4. The topological polar surface area (TPSA) is 62.6 Å². The molecule has 7 heteroatoms. The van der Waals surface area contributed by atoms with E-state index in [1.54, 1.807) is 66.1 Å². The predicted molar refractivity (Wildman–Crippen MR) is 115 cm³/mol. The van der Waals surface area contributed by atoms with Gasteiger partial charge in [-0.15, -0.1) is 0 Å². The number of carbonyl (C=O) groups is 3. The van der Waals surface area contributed by atoms with Crippen LogP contribution in [0.4, 0.5) is 14.9 Å². The van der Waals surface area contributed by atoms with Gasteiger partial charge in [0.05, 0.1) is 11.4 Å². The van der Waals surface area contributed by atoms with Crippen LogP contribution in [-0.2, 0) is 9.59 Å². The number of barbiturate groups is 1. The summed E-state index contributed by atoms with van der Waals surface area (Å²) in [7, 11) is 1.34. The number of halogens is 1. The van der Waals surface area contributed by atoms with Gasteiger partial charge in [0.15, 0.2) is 0 Å². The van der Waals surface area contributed by atoms with Crippen LogP contribution in [-0.4, -0.2) is 34.4 Å². The molecule has 4 amide bonds. The number of para-hydroxylation sites is 2. The van der Waals surface area contributed by atoms with Crippen molar-refractivity contribution in [3.05, 3.63) is 89.0 Å². The van der Waals surface area contributed by atoms with Crippen LogP contribution in [0.2, 0.25) is 0 Å². The number of hydrogen-bond acceptors (Lipinski definition) is 3. The summed E-state index contributed by atoms with van der Waals surface area (Å²) in [5, 5.41) is 0. The normalized spacial score (nSPS) is 15.9. The number of aryl methyl sites for hydroxylation is 1. The van der Waals surface area contributed by atoms with Crippen molar-refractivity contribution in [3.63, 3.8) is 0 Å². The van der Waals surface area contributed by atoms with Gasteiger partial charge in [-0.25, -0.2) is 14.1 Å². The molecule has 0 unspecified atom stereocenters. The molecule has 1 aromatic heterocycles. The average molecular weight is 417 g/mol. The molecule has 1 aliphatic rings. The zero-order chi connectivity index (χ0) is 22.3. The number of hydrogen-bond donors (Lipinski definition) is 0. The van der Waals surface area contributed by atoms with Crippen LogP contribution in [0.3, 0.4) is 0 Å². The SMILES string of the molecule is Cc1cc(/C=C2\C(=O)N(C)C(=O)N(c3ccccc3)C2=O)c(C)n1-c1ccccc1F. The van der Waals surface area contributed by atoms with E-state index in [9.17, 15) is 18.8 Å². The van der Waals surface area contributed by atoms with Crippen LogP contribution in [0.1, 0.15) is 17.0 Å². The first-order valence-electron chi connectivity index (χ1n) is 9.68. The molecular weight excluding hydrogens is 397 g/mol. The number of amides is 4. The van der Waals surface area contributed by atoms with Gasteiger partial charge in [0.2, 0.25) is 0 Å². The molecule has 2 aromatic carbocycles. The summed E-state index contributed by atoms with van der Waals surface area (Å²) in [5.74, 6) is -1.76. The van der Waals surface area contributed by atoms with E-state index in [1.165, 1.54) is 19.2 Å². The molecule has 6 nitrogen and oxygen atoms in total. The Kier molecular flexibility index (Phi) is 5.02. The highest BCUT2D eigenvalue weighted by molar-refractivity contribution is 6.39. The van der Waals surface area contributed by atoms with E-state index in [0.29, 0.717) is 22.6 Å². The van der Waals surface area contributed by atoms with Gasteiger partial charge in [-0.3, -0.25) is 14.5 Å². The third kappa shape index (κ3) is 3.34. The Hall–Kier alpha value is -4.00. The Labute approximate surface area is 178 Å². The lowest BCUT2D eigenvalue weighted by Gasteiger charge is -2.31. The zero-order valence-corrected chi connectivity index (χ0v) is 17.3. The monoisotopic (exact) mass is 417 g/mol. The lowest BCUT2D eigenvalue weighted by atomic mass is 10.1. The first kappa shape index (κ1) is 20.3. The highest BCUT2D eigenvalue weighted by Gasteiger charge is 2.41. The van der Waals surface area contributed by atoms with Crippen LogP contribution in [0, 0.1) is 19.7 Å². The molecule has 156 valence electrons. The third-order valence-corrected chi connectivity index (χ3v) is 5.32. The number of nitrogens with zero attached hydrogens (tertiary/aromatic N) is 3. The quantitative estimate of drug-likeness (QED) is 0.473. The molecule has 1 fully saturated rings. The summed E-state index contributed by atoms with van der Waals surface area (Å²) in [6.07, 6.45) is 1.46. The van der Waals surface area contributed by atoms with Crippen LogP contribution in [0.5, 0.6) is 0 Å². The molecule has 0 saturated carbocycles. The fraction of sp³-hybridized carbons (Fsp3) is 0.125. The molecule has 0 aliphatic carbocycles. The maximum absolute atomic E-state index is 14.4. The van der Waals surface area contributed by atoms with E-state index in [0.717, 1.165) is 15.5 Å². The van der Waals surface area contributed by atoms with E-state index in [4.69, 9.17) is 0 Å². The number of imide groups is 2. The Balaban J connectivity index is 1.82.